The topological polar surface area (TPSA) is 52.3 Å². The Kier molecular flexibility index (Phi) is 4.74. The van der Waals surface area contributed by atoms with Crippen molar-refractivity contribution in [3.63, 3.8) is 0 Å². The molecule has 0 bridgehead atoms. The summed E-state index contributed by atoms with van der Waals surface area (Å²) in [6, 6.07) is 7.90. The lowest BCUT2D eigenvalue weighted by atomic mass is 10.2. The summed E-state index contributed by atoms with van der Waals surface area (Å²) in [5.41, 5.74) is 1.03. The van der Waals surface area contributed by atoms with Crippen molar-refractivity contribution in [2.45, 2.75) is 12.7 Å². The Morgan fingerprint density at radius 2 is 2.14 bits per heavy atom. The van der Waals surface area contributed by atoms with Crippen molar-refractivity contribution in [2.24, 2.45) is 0 Å². The fourth-order valence-electron chi connectivity index (χ4n) is 1.99. The molecule has 0 unspecified atom stereocenters. The molecule has 2 aromatic heterocycles. The molecule has 3 aromatic rings. The first-order valence-corrected chi connectivity index (χ1v) is 8.89. The summed E-state index contributed by atoms with van der Waals surface area (Å²) in [5, 5.41) is 13.8. The lowest BCUT2D eigenvalue weighted by Gasteiger charge is -2.02. The maximum absolute atomic E-state index is 5.34. The second-order valence-electron chi connectivity index (χ2n) is 4.46. The molecule has 114 valence electrons. The molecule has 0 radical (unpaired) electrons. The van der Waals surface area contributed by atoms with Crippen LogP contribution < -0.4 is 4.74 Å². The number of benzene rings is 1. The van der Waals surface area contributed by atoms with Gasteiger partial charge in [-0.15, -0.1) is 10.2 Å². The lowest BCUT2D eigenvalue weighted by molar-refractivity contribution is 0.414. The number of rotatable bonds is 6. The van der Waals surface area contributed by atoms with Crippen LogP contribution >= 0.6 is 23.1 Å². The number of thioether (sulfide) groups is 1. The molecular formula is C15H16N4OS2. The fourth-order valence-corrected chi connectivity index (χ4v) is 3.31. The molecule has 3 rings (SSSR count). The highest BCUT2D eigenvalue weighted by Gasteiger charge is 2.10. The van der Waals surface area contributed by atoms with Crippen LogP contribution in [0.5, 0.6) is 5.75 Å². The molecule has 0 N–H and O–H groups in total. The molecule has 5 nitrogen and oxygen atoms in total. The Morgan fingerprint density at radius 1 is 1.27 bits per heavy atom. The second-order valence-corrected chi connectivity index (χ2v) is 6.73. The first kappa shape index (κ1) is 15.1. The predicted octanol–water partition coefficient (Wildman–Crippen LogP) is 3.62. The van der Waals surface area contributed by atoms with Gasteiger partial charge in [0, 0.05) is 5.56 Å². The molecule has 0 aliphatic carbocycles. The smallest absolute Gasteiger partial charge is 0.234 e. The molecule has 22 heavy (non-hydrogen) atoms. The van der Waals surface area contributed by atoms with E-state index in [0.29, 0.717) is 0 Å². The van der Waals surface area contributed by atoms with Gasteiger partial charge in [0.2, 0.25) is 4.96 Å². The summed E-state index contributed by atoms with van der Waals surface area (Å²) < 4.78 is 7.17. The van der Waals surface area contributed by atoms with E-state index in [1.54, 1.807) is 7.11 Å². The average molecular weight is 332 g/mol. The summed E-state index contributed by atoms with van der Waals surface area (Å²) in [5.74, 6) is 3.63. The molecule has 2 heterocycles. The normalized spacial score (nSPS) is 11.5. The zero-order valence-electron chi connectivity index (χ0n) is 12.4. The van der Waals surface area contributed by atoms with Crippen LogP contribution in [0.1, 0.15) is 23.3 Å². The number of para-hydroxylation sites is 1. The molecule has 0 saturated heterocycles. The van der Waals surface area contributed by atoms with Crippen LogP contribution in [0.25, 0.3) is 17.1 Å². The van der Waals surface area contributed by atoms with Gasteiger partial charge in [-0.2, -0.15) is 21.4 Å². The van der Waals surface area contributed by atoms with Crippen molar-refractivity contribution >= 4 is 40.2 Å². The molecule has 7 heteroatoms. The van der Waals surface area contributed by atoms with Crippen LogP contribution in [0.3, 0.4) is 0 Å². The fraction of sp³-hybridized carbons (Fsp3) is 0.267. The Bertz CT molecular complexity index is 794. The number of ether oxygens (including phenoxy) is 1. The Balaban J connectivity index is 1.84. The van der Waals surface area contributed by atoms with Crippen LogP contribution in [0.15, 0.2) is 24.3 Å². The highest BCUT2D eigenvalue weighted by Crippen LogP contribution is 2.22. The first-order chi connectivity index (χ1) is 10.8. The van der Waals surface area contributed by atoms with E-state index in [-0.39, 0.29) is 0 Å². The van der Waals surface area contributed by atoms with Crippen molar-refractivity contribution < 1.29 is 4.74 Å². The van der Waals surface area contributed by atoms with Gasteiger partial charge in [0.15, 0.2) is 5.82 Å². The van der Waals surface area contributed by atoms with Crippen LogP contribution in [0.4, 0.5) is 0 Å². The monoisotopic (exact) mass is 332 g/mol. The van der Waals surface area contributed by atoms with Crippen LogP contribution in [-0.4, -0.2) is 32.7 Å². The second kappa shape index (κ2) is 6.93. The highest BCUT2D eigenvalue weighted by atomic mass is 32.2. The summed E-state index contributed by atoms with van der Waals surface area (Å²) >= 11 is 3.34. The van der Waals surface area contributed by atoms with E-state index in [1.165, 1.54) is 11.3 Å². The lowest BCUT2D eigenvalue weighted by Crippen LogP contribution is -1.94. The number of hydrogen-bond acceptors (Lipinski definition) is 6. The number of fused-ring (bicyclic) bond motifs is 1. The van der Waals surface area contributed by atoms with Gasteiger partial charge in [-0.25, -0.2) is 0 Å². The van der Waals surface area contributed by atoms with Gasteiger partial charge in [-0.1, -0.05) is 36.5 Å². The van der Waals surface area contributed by atoms with Crippen molar-refractivity contribution in [1.82, 2.24) is 19.8 Å². The standard InChI is InChI=1S/C15H16N4OS2/c1-3-21-10-13-16-17-15-19(13)18-14(22-15)9-8-11-6-4-5-7-12(11)20-2/h4-9H,3,10H2,1-2H3/b9-8+. The molecule has 0 amide bonds. The van der Waals surface area contributed by atoms with E-state index >= 15 is 0 Å². The van der Waals surface area contributed by atoms with Gasteiger partial charge >= 0.3 is 0 Å². The molecule has 1 aromatic carbocycles. The number of hydrogen-bond donors (Lipinski definition) is 0. The SMILES string of the molecule is CCSCc1nnc2sc(/C=C/c3ccccc3OC)nn12. The largest absolute Gasteiger partial charge is 0.496 e. The highest BCUT2D eigenvalue weighted by molar-refractivity contribution is 7.98. The van der Waals surface area contributed by atoms with Crippen molar-refractivity contribution in [1.29, 1.82) is 0 Å². The van der Waals surface area contributed by atoms with Gasteiger partial charge < -0.3 is 4.74 Å². The molecule has 0 aliphatic heterocycles. The summed E-state index contributed by atoms with van der Waals surface area (Å²) in [7, 11) is 1.67. The zero-order valence-corrected chi connectivity index (χ0v) is 14.0. The number of aromatic nitrogens is 4. The van der Waals surface area contributed by atoms with E-state index in [2.05, 4.69) is 22.2 Å². The first-order valence-electron chi connectivity index (χ1n) is 6.91. The summed E-state index contributed by atoms with van der Waals surface area (Å²) in [6.45, 7) is 2.13. The third-order valence-corrected chi connectivity index (χ3v) is 4.79. The van der Waals surface area contributed by atoms with E-state index in [0.717, 1.165) is 38.6 Å². The van der Waals surface area contributed by atoms with Crippen molar-refractivity contribution in [3.8, 4) is 5.75 Å². The van der Waals surface area contributed by atoms with Crippen LogP contribution in [0.2, 0.25) is 0 Å². The van der Waals surface area contributed by atoms with E-state index < -0.39 is 0 Å². The molecule has 0 atom stereocenters. The van der Waals surface area contributed by atoms with Gasteiger partial charge in [-0.3, -0.25) is 0 Å². The quantitative estimate of drug-likeness (QED) is 0.690. The Hall–Kier alpha value is -1.86. The third-order valence-electron chi connectivity index (χ3n) is 3.05. The molecule has 0 spiro atoms. The van der Waals surface area contributed by atoms with Crippen molar-refractivity contribution in [2.75, 3.05) is 12.9 Å². The van der Waals surface area contributed by atoms with E-state index in [4.69, 9.17) is 4.74 Å². The van der Waals surface area contributed by atoms with Gasteiger partial charge in [-0.05, 0) is 24.0 Å². The zero-order chi connectivity index (χ0) is 15.4. The van der Waals surface area contributed by atoms with Crippen molar-refractivity contribution in [3.05, 3.63) is 40.7 Å². The summed E-state index contributed by atoms with van der Waals surface area (Å²) in [4.78, 5) is 0.825. The minimum Gasteiger partial charge on any atom is -0.496 e. The Labute approximate surface area is 137 Å². The maximum Gasteiger partial charge on any atom is 0.234 e. The molecular weight excluding hydrogens is 316 g/mol. The van der Waals surface area contributed by atoms with E-state index in [9.17, 15) is 0 Å². The molecule has 0 fully saturated rings. The van der Waals surface area contributed by atoms with Crippen LogP contribution in [0, 0.1) is 0 Å². The van der Waals surface area contributed by atoms with Crippen LogP contribution in [-0.2, 0) is 5.75 Å². The van der Waals surface area contributed by atoms with Gasteiger partial charge in [0.25, 0.3) is 0 Å². The summed E-state index contributed by atoms with van der Waals surface area (Å²) in [6.07, 6.45) is 3.99. The minimum absolute atomic E-state index is 0.825. The molecule has 0 saturated carbocycles. The molecule has 0 aliphatic rings. The van der Waals surface area contributed by atoms with Gasteiger partial charge in [0.1, 0.15) is 10.8 Å². The maximum atomic E-state index is 5.34. The predicted molar refractivity (Wildman–Crippen MR) is 92.4 cm³/mol. The minimum atomic E-state index is 0.825. The number of methoxy groups -OCH3 is 1. The average Bonchev–Trinajstić information content (AvgIpc) is 3.11. The third kappa shape index (κ3) is 3.15. The Morgan fingerprint density at radius 3 is 2.95 bits per heavy atom. The van der Waals surface area contributed by atoms with E-state index in [1.807, 2.05) is 52.7 Å². The van der Waals surface area contributed by atoms with Gasteiger partial charge in [0.05, 0.1) is 12.9 Å². The number of nitrogens with zero attached hydrogens (tertiary/aromatic N) is 4.